The van der Waals surface area contributed by atoms with Gasteiger partial charge in [0.25, 0.3) is 5.91 Å². The Morgan fingerprint density at radius 3 is 2.27 bits per heavy atom. The lowest BCUT2D eigenvalue weighted by Gasteiger charge is -2.41. The first-order valence-electron chi connectivity index (χ1n) is 16.0. The maximum atomic E-state index is 12.8. The second-order valence-electron chi connectivity index (χ2n) is 13.9. The Morgan fingerprint density at radius 2 is 1.73 bits per heavy atom. The van der Waals surface area contributed by atoms with Crippen molar-refractivity contribution in [1.82, 2.24) is 10.3 Å². The van der Waals surface area contributed by atoms with Crippen molar-refractivity contribution >= 4 is 28.8 Å². The van der Waals surface area contributed by atoms with E-state index in [1.165, 1.54) is 49.0 Å². The van der Waals surface area contributed by atoms with Crippen LogP contribution in [0.5, 0.6) is 0 Å². The Morgan fingerprint density at radius 1 is 1.02 bits per heavy atom. The molecule has 0 bridgehead atoms. The van der Waals surface area contributed by atoms with Crippen molar-refractivity contribution in [3.05, 3.63) is 93.8 Å². The van der Waals surface area contributed by atoms with E-state index in [-0.39, 0.29) is 23.2 Å². The molecule has 0 saturated heterocycles. The van der Waals surface area contributed by atoms with E-state index in [0.29, 0.717) is 4.88 Å². The first-order chi connectivity index (χ1) is 20.9. The highest BCUT2D eigenvalue weighted by Crippen LogP contribution is 2.46. The molecular formula is C38H46N2O3S. The van der Waals surface area contributed by atoms with E-state index in [1.807, 2.05) is 42.6 Å². The number of carboxylic acids is 1. The molecule has 6 heteroatoms. The summed E-state index contributed by atoms with van der Waals surface area (Å²) in [5.74, 6) is 0.281. The lowest BCUT2D eigenvalue weighted by molar-refractivity contribution is -0.139. The standard InChI is InChI=1S/C38H46N2O3S/c1-6-25-9-14-30(15-10-25)38(5)21-19-27(20-22-38)29-13-16-31(39-24-29)28-11-7-26(8-12-28)23-32(36(42)43)40-35(41)33-17-18-34(44-33)37(2,3)4/h7-8,11-13,16-21,24-25,30,32H,6,9-10,14-15,22-23H2,1-5H3,(H,40,41)(H,42,43)/t25-,30-,32-,38?/m0/s1. The first kappa shape index (κ1) is 31.9. The van der Waals surface area contributed by atoms with Gasteiger partial charge < -0.3 is 10.4 Å². The van der Waals surface area contributed by atoms with Crippen molar-refractivity contribution in [2.75, 3.05) is 0 Å². The zero-order valence-electron chi connectivity index (χ0n) is 26.7. The van der Waals surface area contributed by atoms with E-state index in [1.54, 1.807) is 6.07 Å². The molecule has 2 aromatic heterocycles. The van der Waals surface area contributed by atoms with Crippen molar-refractivity contribution in [3.63, 3.8) is 0 Å². The summed E-state index contributed by atoms with van der Waals surface area (Å²) in [5.41, 5.74) is 5.22. The molecule has 2 N–H and O–H groups in total. The van der Waals surface area contributed by atoms with Gasteiger partial charge in [-0.2, -0.15) is 0 Å². The van der Waals surface area contributed by atoms with Crippen molar-refractivity contribution in [3.8, 4) is 11.3 Å². The summed E-state index contributed by atoms with van der Waals surface area (Å²) >= 11 is 1.40. The molecule has 2 heterocycles. The van der Waals surface area contributed by atoms with Gasteiger partial charge in [-0.05, 0) is 76.8 Å². The van der Waals surface area contributed by atoms with E-state index in [0.717, 1.165) is 45.5 Å². The highest BCUT2D eigenvalue weighted by molar-refractivity contribution is 7.14. The largest absolute Gasteiger partial charge is 0.480 e. The van der Waals surface area contributed by atoms with Crippen LogP contribution in [0.4, 0.5) is 0 Å². The number of benzene rings is 1. The zero-order chi connectivity index (χ0) is 31.5. The van der Waals surface area contributed by atoms with Gasteiger partial charge in [0.1, 0.15) is 6.04 Å². The van der Waals surface area contributed by atoms with Crippen LogP contribution < -0.4 is 5.32 Å². The minimum Gasteiger partial charge on any atom is -0.480 e. The molecule has 1 fully saturated rings. The van der Waals surface area contributed by atoms with E-state index in [2.05, 4.69) is 64.2 Å². The minimum atomic E-state index is -1.05. The molecule has 232 valence electrons. The average molecular weight is 611 g/mol. The number of amides is 1. The van der Waals surface area contributed by atoms with Crippen LogP contribution in [0, 0.1) is 17.3 Å². The van der Waals surface area contributed by atoms with Gasteiger partial charge in [-0.3, -0.25) is 9.78 Å². The van der Waals surface area contributed by atoms with Crippen LogP contribution in [-0.2, 0) is 16.6 Å². The molecule has 5 rings (SSSR count). The fourth-order valence-electron chi connectivity index (χ4n) is 6.57. The predicted octanol–water partition coefficient (Wildman–Crippen LogP) is 9.10. The molecule has 5 nitrogen and oxygen atoms in total. The predicted molar refractivity (Wildman–Crippen MR) is 181 cm³/mol. The molecule has 1 amide bonds. The number of aromatic nitrogens is 1. The third kappa shape index (κ3) is 7.40. The van der Waals surface area contributed by atoms with Crippen LogP contribution in [0.1, 0.15) is 98.8 Å². The number of rotatable bonds is 9. The molecule has 3 aromatic rings. The topological polar surface area (TPSA) is 79.3 Å². The van der Waals surface area contributed by atoms with Crippen LogP contribution in [0.25, 0.3) is 16.8 Å². The van der Waals surface area contributed by atoms with Gasteiger partial charge in [-0.25, -0.2) is 4.79 Å². The van der Waals surface area contributed by atoms with Crippen molar-refractivity contribution < 1.29 is 14.7 Å². The SMILES string of the molecule is CC[C@H]1CC[C@H](C2(C)C=CC(c3ccc(-c4ccc(C[C@H](NC(=O)c5ccc(C(C)(C)C)s5)C(=O)O)cc4)nc3)=CC2)CC1. The van der Waals surface area contributed by atoms with E-state index in [4.69, 9.17) is 4.98 Å². The van der Waals surface area contributed by atoms with Gasteiger partial charge in [0.05, 0.1) is 10.6 Å². The summed E-state index contributed by atoms with van der Waals surface area (Å²) < 4.78 is 0. The Kier molecular flexibility index (Phi) is 9.59. The molecule has 0 radical (unpaired) electrons. The Hall–Kier alpha value is -3.51. The molecule has 1 unspecified atom stereocenters. The number of carboxylic acid groups (broad SMARTS) is 1. The fourth-order valence-corrected chi connectivity index (χ4v) is 7.54. The molecule has 2 atom stereocenters. The molecule has 2 aliphatic rings. The summed E-state index contributed by atoms with van der Waals surface area (Å²) in [5, 5.41) is 12.5. The smallest absolute Gasteiger partial charge is 0.326 e. The number of hydrogen-bond donors (Lipinski definition) is 2. The monoisotopic (exact) mass is 610 g/mol. The Balaban J connectivity index is 1.18. The number of carbonyl (C=O) groups is 2. The quantitative estimate of drug-likeness (QED) is 0.253. The van der Waals surface area contributed by atoms with Crippen LogP contribution >= 0.6 is 11.3 Å². The van der Waals surface area contributed by atoms with Crippen molar-refractivity contribution in [2.24, 2.45) is 17.3 Å². The number of allylic oxidation sites excluding steroid dienone is 4. The van der Waals surface area contributed by atoms with Crippen LogP contribution in [0.3, 0.4) is 0 Å². The van der Waals surface area contributed by atoms with Crippen molar-refractivity contribution in [1.29, 1.82) is 0 Å². The van der Waals surface area contributed by atoms with Gasteiger partial charge in [-0.15, -0.1) is 11.3 Å². The lowest BCUT2D eigenvalue weighted by Crippen LogP contribution is -2.42. The average Bonchev–Trinajstić information content (AvgIpc) is 3.53. The number of thiophene rings is 1. The maximum Gasteiger partial charge on any atom is 0.326 e. The summed E-state index contributed by atoms with van der Waals surface area (Å²) in [4.78, 5) is 31.2. The number of carbonyl (C=O) groups excluding carboxylic acids is 1. The maximum absolute atomic E-state index is 12.8. The Labute approximate surface area is 266 Å². The normalized spacial score (nSPS) is 22.7. The number of hydrogen-bond acceptors (Lipinski definition) is 4. The van der Waals surface area contributed by atoms with Crippen molar-refractivity contribution in [2.45, 2.75) is 91.0 Å². The number of nitrogens with one attached hydrogen (secondary N) is 1. The van der Waals surface area contributed by atoms with Crippen LogP contribution in [0.15, 0.2) is 73.0 Å². The number of aliphatic carboxylic acids is 1. The molecule has 2 aliphatic carbocycles. The number of nitrogens with zero attached hydrogens (tertiary/aromatic N) is 1. The molecule has 0 aliphatic heterocycles. The second kappa shape index (κ2) is 13.2. The third-order valence-corrected chi connectivity index (χ3v) is 11.2. The first-order valence-corrected chi connectivity index (χ1v) is 16.9. The zero-order valence-corrected chi connectivity index (χ0v) is 27.5. The van der Waals surface area contributed by atoms with Crippen LogP contribution in [0.2, 0.25) is 0 Å². The summed E-state index contributed by atoms with van der Waals surface area (Å²) in [6.07, 6.45) is 17.1. The molecule has 0 spiro atoms. The van der Waals surface area contributed by atoms with Gasteiger partial charge in [0.15, 0.2) is 0 Å². The molecule has 1 saturated carbocycles. The van der Waals surface area contributed by atoms with E-state index < -0.39 is 12.0 Å². The van der Waals surface area contributed by atoms with E-state index >= 15 is 0 Å². The third-order valence-electron chi connectivity index (χ3n) is 9.72. The summed E-state index contributed by atoms with van der Waals surface area (Å²) in [6, 6.07) is 14.6. The number of pyridine rings is 1. The second-order valence-corrected chi connectivity index (χ2v) is 15.0. The minimum absolute atomic E-state index is 0.0639. The van der Waals surface area contributed by atoms with Gasteiger partial charge in [-0.1, -0.05) is 102 Å². The molecule has 1 aromatic carbocycles. The van der Waals surface area contributed by atoms with Gasteiger partial charge in [0, 0.05) is 23.1 Å². The molecular weight excluding hydrogens is 564 g/mol. The lowest BCUT2D eigenvalue weighted by atomic mass is 9.64. The Bertz CT molecular complexity index is 1520. The highest BCUT2D eigenvalue weighted by atomic mass is 32.1. The van der Waals surface area contributed by atoms with Gasteiger partial charge in [0.2, 0.25) is 0 Å². The highest BCUT2D eigenvalue weighted by Gasteiger charge is 2.35. The summed E-state index contributed by atoms with van der Waals surface area (Å²) in [7, 11) is 0. The van der Waals surface area contributed by atoms with E-state index in [9.17, 15) is 14.7 Å². The fraction of sp³-hybridized carbons (Fsp3) is 0.447. The van der Waals surface area contributed by atoms with Crippen LogP contribution in [-0.4, -0.2) is 28.0 Å². The van der Waals surface area contributed by atoms with Gasteiger partial charge >= 0.3 is 5.97 Å². The molecule has 44 heavy (non-hydrogen) atoms. The summed E-state index contributed by atoms with van der Waals surface area (Å²) in [6.45, 7) is 11.0.